The molecule has 0 fully saturated rings. The Bertz CT molecular complexity index is 1080. The van der Waals surface area contributed by atoms with Gasteiger partial charge in [-0.3, -0.25) is 0 Å². The number of phenolic OH excluding ortho intramolecular Hbond substituents is 1. The predicted octanol–water partition coefficient (Wildman–Crippen LogP) is 6.51. The van der Waals surface area contributed by atoms with E-state index < -0.39 is 0 Å². The Morgan fingerprint density at radius 2 is 1.19 bits per heavy atom. The van der Waals surface area contributed by atoms with Crippen molar-refractivity contribution in [3.8, 4) is 16.9 Å². The molecule has 26 heavy (non-hydrogen) atoms. The van der Waals surface area contributed by atoms with E-state index in [0.717, 1.165) is 28.7 Å². The largest absolute Gasteiger partial charge is 0.507 e. The van der Waals surface area contributed by atoms with Crippen molar-refractivity contribution in [2.45, 2.75) is 13.8 Å². The van der Waals surface area contributed by atoms with E-state index in [2.05, 4.69) is 74.5 Å². The summed E-state index contributed by atoms with van der Waals surface area (Å²) in [6.45, 7) is 4.55. The van der Waals surface area contributed by atoms with Crippen LogP contribution in [0.3, 0.4) is 0 Å². The Hall–Kier alpha value is -2.37. The van der Waals surface area contributed by atoms with Crippen molar-refractivity contribution in [2.24, 2.45) is 0 Å². The molecule has 0 aromatic heterocycles. The van der Waals surface area contributed by atoms with Crippen LogP contribution in [0.5, 0.6) is 5.75 Å². The maximum absolute atomic E-state index is 10.9. The van der Waals surface area contributed by atoms with Crippen LogP contribution in [0, 0.1) is 0 Å². The highest BCUT2D eigenvalue weighted by Gasteiger charge is 2.20. The van der Waals surface area contributed by atoms with E-state index >= 15 is 0 Å². The Kier molecular flexibility index (Phi) is 4.66. The highest BCUT2D eigenvalue weighted by Crippen LogP contribution is 2.45. The number of phenols is 1. The van der Waals surface area contributed by atoms with Crippen LogP contribution in [-0.2, 0) is 0 Å². The van der Waals surface area contributed by atoms with Crippen molar-refractivity contribution in [1.29, 1.82) is 0 Å². The normalized spacial score (nSPS) is 11.5. The van der Waals surface area contributed by atoms with Crippen LogP contribution in [0.2, 0.25) is 0 Å². The molecule has 4 aromatic carbocycles. The third-order valence-electron chi connectivity index (χ3n) is 5.17. The summed E-state index contributed by atoms with van der Waals surface area (Å²) in [4.78, 5) is 0. The first-order chi connectivity index (χ1) is 12.7. The third kappa shape index (κ3) is 2.77. The fourth-order valence-electron chi connectivity index (χ4n) is 3.87. The second-order valence-electron chi connectivity index (χ2n) is 6.53. The molecule has 0 unspecified atom stereocenters. The number of fused-ring (bicyclic) bond motifs is 2. The lowest BCUT2D eigenvalue weighted by Gasteiger charge is -2.22. The summed E-state index contributed by atoms with van der Waals surface area (Å²) in [7, 11) is -0.248. The van der Waals surface area contributed by atoms with Crippen molar-refractivity contribution in [3.05, 3.63) is 72.8 Å². The van der Waals surface area contributed by atoms with Gasteiger partial charge in [-0.05, 0) is 45.2 Å². The van der Waals surface area contributed by atoms with Gasteiger partial charge in [0.15, 0.2) is 0 Å². The molecule has 0 aliphatic heterocycles. The maximum atomic E-state index is 10.9. The molecular formula is C24H23OP. The standard InChI is InChI=1S/C24H23OP/c1-3-26(4-2)22-16-14-18-10-6-8-12-20(18)24(22)23-19-11-7-5-9-17(19)13-15-21(23)25/h5-16,25H,3-4H2,1-2H3. The van der Waals surface area contributed by atoms with Crippen molar-refractivity contribution < 1.29 is 5.11 Å². The SMILES string of the molecule is CCP(CC)c1ccc2ccccc2c1-c1c(O)ccc2ccccc12. The first-order valence-electron chi connectivity index (χ1n) is 9.22. The van der Waals surface area contributed by atoms with E-state index in [1.807, 2.05) is 12.1 Å². The van der Waals surface area contributed by atoms with Crippen LogP contribution in [0.1, 0.15) is 13.8 Å². The Morgan fingerprint density at radius 1 is 0.654 bits per heavy atom. The molecule has 0 aliphatic carbocycles. The van der Waals surface area contributed by atoms with Crippen LogP contribution < -0.4 is 5.30 Å². The molecule has 0 radical (unpaired) electrons. The number of benzene rings is 4. The molecule has 4 rings (SSSR count). The molecule has 0 saturated heterocycles. The maximum Gasteiger partial charge on any atom is 0.124 e. The molecule has 0 heterocycles. The molecule has 130 valence electrons. The van der Waals surface area contributed by atoms with Gasteiger partial charge in [0.2, 0.25) is 0 Å². The molecule has 0 saturated carbocycles. The molecule has 0 amide bonds. The van der Waals surface area contributed by atoms with Crippen molar-refractivity contribution >= 4 is 34.8 Å². The van der Waals surface area contributed by atoms with Crippen LogP contribution in [-0.4, -0.2) is 17.4 Å². The van der Waals surface area contributed by atoms with Gasteiger partial charge in [-0.2, -0.15) is 0 Å². The van der Waals surface area contributed by atoms with Gasteiger partial charge >= 0.3 is 0 Å². The lowest BCUT2D eigenvalue weighted by atomic mass is 9.93. The fourth-order valence-corrected chi connectivity index (χ4v) is 5.84. The summed E-state index contributed by atoms with van der Waals surface area (Å²) in [6, 6.07) is 25.2. The zero-order chi connectivity index (χ0) is 18.1. The van der Waals surface area contributed by atoms with Crippen LogP contribution >= 0.6 is 7.92 Å². The fraction of sp³-hybridized carbons (Fsp3) is 0.167. The molecule has 0 bridgehead atoms. The van der Waals surface area contributed by atoms with Crippen molar-refractivity contribution in [1.82, 2.24) is 0 Å². The molecular weight excluding hydrogens is 335 g/mol. The first kappa shape index (κ1) is 17.1. The lowest BCUT2D eigenvalue weighted by molar-refractivity contribution is 0.478. The van der Waals surface area contributed by atoms with E-state index in [1.54, 1.807) is 0 Å². The molecule has 4 aromatic rings. The van der Waals surface area contributed by atoms with Gasteiger partial charge in [-0.15, -0.1) is 0 Å². The van der Waals surface area contributed by atoms with Crippen molar-refractivity contribution in [2.75, 3.05) is 12.3 Å². The minimum atomic E-state index is -0.248. The topological polar surface area (TPSA) is 20.2 Å². The zero-order valence-electron chi connectivity index (χ0n) is 15.2. The summed E-state index contributed by atoms with van der Waals surface area (Å²) >= 11 is 0. The van der Waals surface area contributed by atoms with Crippen LogP contribution in [0.4, 0.5) is 0 Å². The van der Waals surface area contributed by atoms with E-state index in [4.69, 9.17) is 0 Å². The summed E-state index contributed by atoms with van der Waals surface area (Å²) in [6.07, 6.45) is 2.31. The average molecular weight is 358 g/mol. The van der Waals surface area contributed by atoms with Gasteiger partial charge in [0.25, 0.3) is 0 Å². The second kappa shape index (κ2) is 7.09. The summed E-state index contributed by atoms with van der Waals surface area (Å²) < 4.78 is 0. The van der Waals surface area contributed by atoms with E-state index in [1.165, 1.54) is 21.6 Å². The molecule has 0 spiro atoms. The Labute approximate surface area is 156 Å². The number of rotatable bonds is 4. The smallest absolute Gasteiger partial charge is 0.124 e. The average Bonchev–Trinajstić information content (AvgIpc) is 2.69. The highest BCUT2D eigenvalue weighted by atomic mass is 31.1. The number of hydrogen-bond donors (Lipinski definition) is 1. The number of aromatic hydroxyl groups is 1. The molecule has 0 atom stereocenters. The molecule has 0 aliphatic rings. The predicted molar refractivity (Wildman–Crippen MR) is 116 cm³/mol. The summed E-state index contributed by atoms with van der Waals surface area (Å²) in [5, 5.41) is 17.0. The summed E-state index contributed by atoms with van der Waals surface area (Å²) in [5.74, 6) is 0.364. The summed E-state index contributed by atoms with van der Waals surface area (Å²) in [5.41, 5.74) is 2.19. The minimum absolute atomic E-state index is 0.248. The van der Waals surface area contributed by atoms with E-state index in [9.17, 15) is 5.11 Å². The minimum Gasteiger partial charge on any atom is -0.507 e. The van der Waals surface area contributed by atoms with Crippen LogP contribution in [0.25, 0.3) is 32.7 Å². The van der Waals surface area contributed by atoms with E-state index in [-0.39, 0.29) is 7.92 Å². The van der Waals surface area contributed by atoms with E-state index in [0.29, 0.717) is 5.75 Å². The quantitative estimate of drug-likeness (QED) is 0.412. The zero-order valence-corrected chi connectivity index (χ0v) is 16.1. The Morgan fingerprint density at radius 3 is 1.81 bits per heavy atom. The Balaban J connectivity index is 2.17. The van der Waals surface area contributed by atoms with Gasteiger partial charge < -0.3 is 5.11 Å². The second-order valence-corrected chi connectivity index (χ2v) is 9.36. The molecule has 2 heteroatoms. The van der Waals surface area contributed by atoms with Gasteiger partial charge in [0, 0.05) is 11.1 Å². The molecule has 1 N–H and O–H groups in total. The molecule has 1 nitrogen and oxygen atoms in total. The van der Waals surface area contributed by atoms with Gasteiger partial charge in [-0.25, -0.2) is 0 Å². The number of hydrogen-bond acceptors (Lipinski definition) is 1. The monoisotopic (exact) mass is 358 g/mol. The van der Waals surface area contributed by atoms with Gasteiger partial charge in [0.1, 0.15) is 5.75 Å². The van der Waals surface area contributed by atoms with Crippen molar-refractivity contribution in [3.63, 3.8) is 0 Å². The van der Waals surface area contributed by atoms with Crippen LogP contribution in [0.15, 0.2) is 72.8 Å². The third-order valence-corrected chi connectivity index (χ3v) is 7.75. The first-order valence-corrected chi connectivity index (χ1v) is 10.9. The van der Waals surface area contributed by atoms with Gasteiger partial charge in [-0.1, -0.05) is 88.5 Å². The highest BCUT2D eigenvalue weighted by molar-refractivity contribution is 7.65. The lowest BCUT2D eigenvalue weighted by Crippen LogP contribution is -2.09. The van der Waals surface area contributed by atoms with Gasteiger partial charge in [0.05, 0.1) is 0 Å².